The highest BCUT2D eigenvalue weighted by atomic mass is 35.5. The zero-order valence-corrected chi connectivity index (χ0v) is 25.0. The van der Waals surface area contributed by atoms with Crippen LogP contribution in [0.1, 0.15) is 76.5 Å². The Hall–Kier alpha value is -3.60. The van der Waals surface area contributed by atoms with E-state index in [-0.39, 0.29) is 48.2 Å². The molecule has 2 saturated carbocycles. The number of rotatable bonds is 11. The molecule has 0 radical (unpaired) electrons. The van der Waals surface area contributed by atoms with E-state index in [1.165, 1.54) is 4.90 Å². The summed E-state index contributed by atoms with van der Waals surface area (Å²) in [5.74, 6) is -0.298. The first kappa shape index (κ1) is 29.5. The number of hydrogen-bond donors (Lipinski definition) is 2. The lowest BCUT2D eigenvalue weighted by Crippen LogP contribution is -2.51. The van der Waals surface area contributed by atoms with Crippen LogP contribution in [-0.4, -0.2) is 65.3 Å². The van der Waals surface area contributed by atoms with Crippen LogP contribution >= 0.6 is 11.6 Å². The molecule has 1 atom stereocenters. The molecule has 9 nitrogen and oxygen atoms in total. The molecule has 6 rings (SSSR count). The van der Waals surface area contributed by atoms with Gasteiger partial charge in [-0.3, -0.25) is 14.4 Å². The smallest absolute Gasteiger partial charge is 0.263 e. The topological polar surface area (TPSA) is 106 Å². The number of anilines is 1. The minimum absolute atomic E-state index is 0.0269. The van der Waals surface area contributed by atoms with Gasteiger partial charge in [-0.1, -0.05) is 17.7 Å². The molecular weight excluding hydrogens is 573 g/mol. The van der Waals surface area contributed by atoms with Crippen LogP contribution in [-0.2, 0) is 11.3 Å². The average molecular weight is 608 g/mol. The maximum absolute atomic E-state index is 13.6. The van der Waals surface area contributed by atoms with Crippen molar-refractivity contribution in [3.8, 4) is 11.1 Å². The number of halogens is 2. The predicted octanol–water partition coefficient (Wildman–Crippen LogP) is 4.95. The van der Waals surface area contributed by atoms with E-state index in [1.807, 2.05) is 19.2 Å². The Morgan fingerprint density at radius 1 is 1.12 bits per heavy atom. The van der Waals surface area contributed by atoms with Gasteiger partial charge in [-0.15, -0.1) is 0 Å². The molecule has 226 valence electrons. The van der Waals surface area contributed by atoms with Crippen molar-refractivity contribution in [2.45, 2.75) is 63.4 Å². The molecule has 0 spiro atoms. The number of nitrogens with zero attached hydrogens (tertiary/aromatic N) is 3. The fourth-order valence-corrected chi connectivity index (χ4v) is 5.47. The molecule has 2 aromatic heterocycles. The molecule has 0 bridgehead atoms. The quantitative estimate of drug-likeness (QED) is 0.320. The van der Waals surface area contributed by atoms with Gasteiger partial charge in [0.25, 0.3) is 17.4 Å². The van der Waals surface area contributed by atoms with Gasteiger partial charge in [0.1, 0.15) is 17.6 Å². The van der Waals surface area contributed by atoms with Crippen LogP contribution in [0.3, 0.4) is 0 Å². The largest absolute Gasteiger partial charge is 0.380 e. The summed E-state index contributed by atoms with van der Waals surface area (Å²) >= 11 is 6.27. The van der Waals surface area contributed by atoms with E-state index in [2.05, 4.69) is 10.6 Å². The second-order valence-electron chi connectivity index (χ2n) is 11.8. The number of methoxy groups -OCH3 is 1. The second-order valence-corrected chi connectivity index (χ2v) is 12.2. The maximum atomic E-state index is 13.6. The molecular formula is C32H35ClFN5O4. The summed E-state index contributed by atoms with van der Waals surface area (Å²) in [6.45, 7) is 3.17. The van der Waals surface area contributed by atoms with E-state index in [0.717, 1.165) is 36.9 Å². The Morgan fingerprint density at radius 2 is 1.88 bits per heavy atom. The first-order valence-corrected chi connectivity index (χ1v) is 15.1. The van der Waals surface area contributed by atoms with Gasteiger partial charge in [0, 0.05) is 54.6 Å². The lowest BCUT2D eigenvalue weighted by Gasteiger charge is -2.34. The number of aromatic nitrogens is 2. The summed E-state index contributed by atoms with van der Waals surface area (Å²) < 4.78 is 20.5. The van der Waals surface area contributed by atoms with Gasteiger partial charge in [-0.25, -0.2) is 9.37 Å². The van der Waals surface area contributed by atoms with E-state index in [1.54, 1.807) is 42.0 Å². The van der Waals surface area contributed by atoms with E-state index in [9.17, 15) is 18.8 Å². The third kappa shape index (κ3) is 6.66. The van der Waals surface area contributed by atoms with Gasteiger partial charge in [0.05, 0.1) is 19.2 Å². The third-order valence-corrected chi connectivity index (χ3v) is 8.41. The van der Waals surface area contributed by atoms with Crippen molar-refractivity contribution in [3.63, 3.8) is 0 Å². The Bertz CT molecular complexity index is 1610. The number of nitrogens with one attached hydrogen (secondary N) is 2. The molecule has 3 aliphatic rings. The Kier molecular flexibility index (Phi) is 8.35. The molecule has 3 heterocycles. The van der Waals surface area contributed by atoms with E-state index >= 15 is 0 Å². The van der Waals surface area contributed by atoms with Crippen molar-refractivity contribution in [1.29, 1.82) is 0 Å². The molecule has 3 aromatic rings. The monoisotopic (exact) mass is 607 g/mol. The summed E-state index contributed by atoms with van der Waals surface area (Å²) in [5, 5.41) is 6.58. The molecule has 1 aromatic carbocycles. The van der Waals surface area contributed by atoms with E-state index in [0.29, 0.717) is 40.6 Å². The van der Waals surface area contributed by atoms with Crippen LogP contribution in [0.4, 0.5) is 10.2 Å². The molecule has 0 unspecified atom stereocenters. The summed E-state index contributed by atoms with van der Waals surface area (Å²) in [4.78, 5) is 46.4. The van der Waals surface area contributed by atoms with Gasteiger partial charge in [-0.05, 0) is 79.6 Å². The number of carbonyl (C=O) groups is 2. The number of ether oxygens (including phenoxy) is 1. The van der Waals surface area contributed by atoms with Crippen LogP contribution in [0.15, 0.2) is 47.4 Å². The van der Waals surface area contributed by atoms with Crippen molar-refractivity contribution in [2.75, 3.05) is 32.1 Å². The number of benzene rings is 1. The summed E-state index contributed by atoms with van der Waals surface area (Å²) in [6.07, 6.45) is 4.59. The standard InChI is InChI=1S/C32H35ClFN5O4/c1-18(43-2)13-35-14-19-9-27(32(42)39(15-19)24-6-7-24)30(40)37-29-11-21(10-28(36-29)20-3-4-20)25-8-5-22(33)12-26(25)31(41)38-16-23(34)17-38/h5,8-12,15,18,20,23-24,35H,3-4,6-7,13-14,16-17H2,1-2H3,(H,36,37,40)/t18-/m0/s1. The SMILES string of the molecule is CO[C@@H](C)CNCc1cc(C(=O)Nc2cc(-c3ccc(Cl)cc3C(=O)N3CC(F)C3)cc(C3CC3)n2)c(=O)n(C2CC2)c1. The van der Waals surface area contributed by atoms with Crippen LogP contribution in [0.2, 0.25) is 5.02 Å². The number of pyridine rings is 2. The molecule has 11 heteroatoms. The molecule has 2 aliphatic carbocycles. The van der Waals surface area contributed by atoms with Crippen molar-refractivity contribution < 1.29 is 18.7 Å². The van der Waals surface area contributed by atoms with Crippen LogP contribution in [0.5, 0.6) is 0 Å². The van der Waals surface area contributed by atoms with Crippen LogP contribution in [0.25, 0.3) is 11.1 Å². The normalized spacial score (nSPS) is 17.4. The van der Waals surface area contributed by atoms with E-state index < -0.39 is 12.1 Å². The lowest BCUT2D eigenvalue weighted by molar-refractivity contribution is 0.0401. The second kappa shape index (κ2) is 12.2. The van der Waals surface area contributed by atoms with Crippen molar-refractivity contribution >= 4 is 29.2 Å². The zero-order valence-electron chi connectivity index (χ0n) is 24.2. The highest BCUT2D eigenvalue weighted by Gasteiger charge is 2.33. The highest BCUT2D eigenvalue weighted by Crippen LogP contribution is 2.41. The molecule has 2 N–H and O–H groups in total. The maximum Gasteiger partial charge on any atom is 0.263 e. The fraction of sp³-hybridized carbons (Fsp3) is 0.438. The van der Waals surface area contributed by atoms with Gasteiger partial charge in [0.2, 0.25) is 0 Å². The van der Waals surface area contributed by atoms with Gasteiger partial charge < -0.3 is 24.8 Å². The minimum Gasteiger partial charge on any atom is -0.380 e. The number of amides is 2. The summed E-state index contributed by atoms with van der Waals surface area (Å²) in [5.41, 5.74) is 3.00. The predicted molar refractivity (Wildman–Crippen MR) is 163 cm³/mol. The Morgan fingerprint density at radius 3 is 2.56 bits per heavy atom. The molecule has 1 aliphatic heterocycles. The molecule has 3 fully saturated rings. The Labute approximate surface area is 254 Å². The number of carbonyl (C=O) groups excluding carboxylic acids is 2. The molecule has 2 amide bonds. The lowest BCUT2D eigenvalue weighted by atomic mass is 9.97. The average Bonchev–Trinajstić information content (AvgIpc) is 3.89. The van der Waals surface area contributed by atoms with Crippen molar-refractivity contribution in [1.82, 2.24) is 19.8 Å². The number of likely N-dealkylation sites (tertiary alicyclic amines) is 1. The van der Waals surface area contributed by atoms with Crippen LogP contribution in [0, 0.1) is 0 Å². The number of hydrogen-bond acceptors (Lipinski definition) is 6. The van der Waals surface area contributed by atoms with Gasteiger partial charge in [0.15, 0.2) is 0 Å². The van der Waals surface area contributed by atoms with Crippen LogP contribution < -0.4 is 16.2 Å². The number of alkyl halides is 1. The van der Waals surface area contributed by atoms with Gasteiger partial charge in [-0.2, -0.15) is 0 Å². The zero-order chi connectivity index (χ0) is 30.2. The first-order chi connectivity index (χ1) is 20.7. The van der Waals surface area contributed by atoms with Gasteiger partial charge >= 0.3 is 0 Å². The van der Waals surface area contributed by atoms with E-state index in [4.69, 9.17) is 21.3 Å². The van der Waals surface area contributed by atoms with Crippen molar-refractivity contribution in [3.05, 3.63) is 80.4 Å². The Balaban J connectivity index is 1.31. The first-order valence-electron chi connectivity index (χ1n) is 14.7. The molecule has 1 saturated heterocycles. The fourth-order valence-electron chi connectivity index (χ4n) is 5.30. The molecule has 43 heavy (non-hydrogen) atoms. The third-order valence-electron chi connectivity index (χ3n) is 8.18. The summed E-state index contributed by atoms with van der Waals surface area (Å²) in [6, 6.07) is 10.4. The summed E-state index contributed by atoms with van der Waals surface area (Å²) in [7, 11) is 1.65. The highest BCUT2D eigenvalue weighted by molar-refractivity contribution is 6.31. The minimum atomic E-state index is -1.02. The van der Waals surface area contributed by atoms with Crippen molar-refractivity contribution in [2.24, 2.45) is 0 Å².